The predicted molar refractivity (Wildman–Crippen MR) is 55.1 cm³/mol. The van der Waals surface area contributed by atoms with E-state index in [1.807, 2.05) is 0 Å². The molecule has 5 heteroatoms. The monoisotopic (exact) mass is 231 g/mol. The third-order valence-electron chi connectivity index (χ3n) is 2.21. The van der Waals surface area contributed by atoms with E-state index in [1.165, 1.54) is 24.1 Å². The highest BCUT2D eigenvalue weighted by atomic mass is 32.2. The summed E-state index contributed by atoms with van der Waals surface area (Å²) in [5.41, 5.74) is 0.0869. The van der Waals surface area contributed by atoms with Gasteiger partial charge in [-0.25, -0.2) is 4.40 Å². The van der Waals surface area contributed by atoms with Crippen LogP contribution >= 0.6 is 11.9 Å². The predicted octanol–water partition coefficient (Wildman–Crippen LogP) is 3.52. The van der Waals surface area contributed by atoms with Crippen LogP contribution in [0.2, 0.25) is 0 Å². The van der Waals surface area contributed by atoms with Crippen LogP contribution in [0.15, 0.2) is 28.7 Å². The molecule has 0 saturated carbocycles. The topological polar surface area (TPSA) is 12.4 Å². The number of rotatable bonds is 1. The summed E-state index contributed by atoms with van der Waals surface area (Å²) >= 11 is 1.38. The first-order valence-corrected chi connectivity index (χ1v) is 5.34. The van der Waals surface area contributed by atoms with Crippen LogP contribution in [-0.2, 0) is 6.18 Å². The van der Waals surface area contributed by atoms with Crippen molar-refractivity contribution in [2.24, 2.45) is 4.40 Å². The molecular formula is C10H8F3NS. The fourth-order valence-electron chi connectivity index (χ4n) is 1.41. The van der Waals surface area contributed by atoms with Crippen molar-refractivity contribution in [1.82, 2.24) is 0 Å². The van der Waals surface area contributed by atoms with Gasteiger partial charge in [0.25, 0.3) is 0 Å². The Hall–Kier alpha value is -0.970. The lowest BCUT2D eigenvalue weighted by Crippen LogP contribution is -2.07. The van der Waals surface area contributed by atoms with Crippen LogP contribution in [0.1, 0.15) is 17.0 Å². The molecule has 0 aliphatic carbocycles. The van der Waals surface area contributed by atoms with Gasteiger partial charge in [-0.15, -0.1) is 0 Å². The average Bonchev–Trinajstić information content (AvgIpc) is 2.69. The lowest BCUT2D eigenvalue weighted by molar-refractivity contribution is -0.137. The van der Waals surface area contributed by atoms with E-state index in [1.54, 1.807) is 12.3 Å². The van der Waals surface area contributed by atoms with E-state index in [2.05, 4.69) is 4.40 Å². The maximum Gasteiger partial charge on any atom is 0.416 e. The second kappa shape index (κ2) is 3.89. The molecule has 0 saturated heterocycles. The normalized spacial score (nSPS) is 20.9. The summed E-state index contributed by atoms with van der Waals surface area (Å²) < 4.78 is 41.2. The molecule has 0 N–H and O–H groups in total. The minimum Gasteiger partial charge on any atom is -0.228 e. The molecule has 80 valence electrons. The van der Waals surface area contributed by atoms with Crippen LogP contribution in [0, 0.1) is 0 Å². The maximum absolute atomic E-state index is 12.4. The fraction of sp³-hybridized carbons (Fsp3) is 0.300. The highest BCUT2D eigenvalue weighted by Crippen LogP contribution is 2.32. The fourth-order valence-corrected chi connectivity index (χ4v) is 2.17. The Morgan fingerprint density at radius 1 is 1.33 bits per heavy atom. The Labute approximate surface area is 89.5 Å². The van der Waals surface area contributed by atoms with E-state index in [9.17, 15) is 13.2 Å². The van der Waals surface area contributed by atoms with Crippen LogP contribution in [0.5, 0.6) is 0 Å². The second-order valence-corrected chi connectivity index (χ2v) is 4.08. The SMILES string of the molecule is FC(F)(F)c1cccc(C2C=NSC2)c1. The number of nitrogens with zero attached hydrogens (tertiary/aromatic N) is 1. The molecule has 1 heterocycles. The summed E-state index contributed by atoms with van der Waals surface area (Å²) in [6.07, 6.45) is -2.57. The Morgan fingerprint density at radius 2 is 2.13 bits per heavy atom. The van der Waals surface area contributed by atoms with Gasteiger partial charge in [-0.3, -0.25) is 0 Å². The van der Waals surface area contributed by atoms with E-state index < -0.39 is 11.7 Å². The molecule has 1 unspecified atom stereocenters. The van der Waals surface area contributed by atoms with Gasteiger partial charge in [0.15, 0.2) is 0 Å². The van der Waals surface area contributed by atoms with Gasteiger partial charge in [-0.1, -0.05) is 18.2 Å². The van der Waals surface area contributed by atoms with Gasteiger partial charge in [0.1, 0.15) is 0 Å². The van der Waals surface area contributed by atoms with Crippen molar-refractivity contribution in [3.63, 3.8) is 0 Å². The van der Waals surface area contributed by atoms with Crippen LogP contribution in [-0.4, -0.2) is 12.0 Å². The second-order valence-electron chi connectivity index (χ2n) is 3.28. The van der Waals surface area contributed by atoms with Crippen molar-refractivity contribution in [3.8, 4) is 0 Å². The Bertz CT molecular complexity index is 386. The lowest BCUT2D eigenvalue weighted by atomic mass is 10.00. The average molecular weight is 231 g/mol. The molecule has 0 bridgehead atoms. The molecule has 0 aromatic heterocycles. The van der Waals surface area contributed by atoms with Gasteiger partial charge in [-0.05, 0) is 23.6 Å². The highest BCUT2D eigenvalue weighted by Gasteiger charge is 2.31. The van der Waals surface area contributed by atoms with Gasteiger partial charge in [0.05, 0.1) is 5.56 Å². The van der Waals surface area contributed by atoms with Crippen molar-refractivity contribution in [1.29, 1.82) is 0 Å². The van der Waals surface area contributed by atoms with Crippen molar-refractivity contribution in [2.45, 2.75) is 12.1 Å². The quantitative estimate of drug-likeness (QED) is 0.673. The molecule has 1 nitrogen and oxygen atoms in total. The molecule has 2 rings (SSSR count). The molecule has 15 heavy (non-hydrogen) atoms. The van der Waals surface area contributed by atoms with E-state index in [-0.39, 0.29) is 5.92 Å². The first kappa shape index (κ1) is 10.5. The van der Waals surface area contributed by atoms with Gasteiger partial charge < -0.3 is 0 Å². The van der Waals surface area contributed by atoms with Crippen molar-refractivity contribution >= 4 is 18.2 Å². The van der Waals surface area contributed by atoms with E-state index in [0.29, 0.717) is 5.56 Å². The standard InChI is InChI=1S/C10H8F3NS/c11-10(12,13)9-3-1-2-7(4-9)8-5-14-15-6-8/h1-5,8H,6H2. The van der Waals surface area contributed by atoms with Gasteiger partial charge in [0.2, 0.25) is 0 Å². The Morgan fingerprint density at radius 3 is 2.73 bits per heavy atom. The minimum absolute atomic E-state index is 0.0114. The summed E-state index contributed by atoms with van der Waals surface area (Å²) in [5.74, 6) is 0.735. The zero-order valence-electron chi connectivity index (χ0n) is 7.66. The third kappa shape index (κ3) is 2.34. The first-order chi connectivity index (χ1) is 7.07. The minimum atomic E-state index is -4.26. The molecular weight excluding hydrogens is 223 g/mol. The summed E-state index contributed by atoms with van der Waals surface area (Å²) in [5, 5.41) is 0. The summed E-state index contributed by atoms with van der Waals surface area (Å²) in [6, 6.07) is 5.43. The zero-order chi connectivity index (χ0) is 10.9. The number of hydrogen-bond donors (Lipinski definition) is 0. The highest BCUT2D eigenvalue weighted by molar-refractivity contribution is 7.98. The molecule has 0 amide bonds. The lowest BCUT2D eigenvalue weighted by Gasteiger charge is -2.10. The van der Waals surface area contributed by atoms with Crippen LogP contribution in [0.25, 0.3) is 0 Å². The van der Waals surface area contributed by atoms with E-state index >= 15 is 0 Å². The largest absolute Gasteiger partial charge is 0.416 e. The van der Waals surface area contributed by atoms with Gasteiger partial charge in [0, 0.05) is 17.9 Å². The van der Waals surface area contributed by atoms with E-state index in [4.69, 9.17) is 0 Å². The Kier molecular flexibility index (Phi) is 2.73. The first-order valence-electron chi connectivity index (χ1n) is 4.40. The summed E-state index contributed by atoms with van der Waals surface area (Å²) in [4.78, 5) is 0. The zero-order valence-corrected chi connectivity index (χ0v) is 8.48. The molecule has 1 aromatic carbocycles. The van der Waals surface area contributed by atoms with Crippen molar-refractivity contribution in [2.75, 3.05) is 5.75 Å². The van der Waals surface area contributed by atoms with Crippen LogP contribution in [0.3, 0.4) is 0 Å². The molecule has 0 spiro atoms. The van der Waals surface area contributed by atoms with Crippen molar-refractivity contribution in [3.05, 3.63) is 35.4 Å². The number of hydrogen-bond acceptors (Lipinski definition) is 2. The van der Waals surface area contributed by atoms with Crippen LogP contribution < -0.4 is 0 Å². The van der Waals surface area contributed by atoms with Gasteiger partial charge in [-0.2, -0.15) is 13.2 Å². The summed E-state index contributed by atoms with van der Waals surface area (Å²) in [6.45, 7) is 0. The smallest absolute Gasteiger partial charge is 0.228 e. The molecule has 0 fully saturated rings. The molecule has 1 aliphatic heterocycles. The van der Waals surface area contributed by atoms with Gasteiger partial charge >= 0.3 is 6.18 Å². The number of halogens is 3. The maximum atomic E-state index is 12.4. The molecule has 1 aliphatic rings. The Balaban J connectivity index is 2.30. The molecule has 1 atom stereocenters. The van der Waals surface area contributed by atoms with Crippen molar-refractivity contribution < 1.29 is 13.2 Å². The number of benzene rings is 1. The van der Waals surface area contributed by atoms with Crippen LogP contribution in [0.4, 0.5) is 13.2 Å². The van der Waals surface area contributed by atoms with E-state index in [0.717, 1.165) is 11.8 Å². The third-order valence-corrected chi connectivity index (χ3v) is 2.99. The molecule has 1 aromatic rings. The number of alkyl halides is 3. The summed E-state index contributed by atoms with van der Waals surface area (Å²) in [7, 11) is 0. The molecule has 0 radical (unpaired) electrons.